The predicted molar refractivity (Wildman–Crippen MR) is 96.7 cm³/mol. The topological polar surface area (TPSA) is 86.5 Å². The number of pyridine rings is 1. The molecule has 0 saturated heterocycles. The van der Waals surface area contributed by atoms with Crippen molar-refractivity contribution in [3.05, 3.63) is 70.2 Å². The third-order valence-corrected chi connectivity index (χ3v) is 4.10. The molecule has 4 nitrogen and oxygen atoms in total. The van der Waals surface area contributed by atoms with E-state index in [1.807, 2.05) is 30.3 Å². The molecule has 0 radical (unpaired) electrons. The molecule has 2 N–H and O–H groups in total. The van der Waals surface area contributed by atoms with Gasteiger partial charge in [0.15, 0.2) is 0 Å². The van der Waals surface area contributed by atoms with E-state index in [1.54, 1.807) is 24.3 Å². The fourth-order valence-electron chi connectivity index (χ4n) is 2.43. The fourth-order valence-corrected chi connectivity index (χ4v) is 2.83. The number of nitrogen functional groups attached to an aromatic ring is 1. The SMILES string of the molecule is N#Cc1ccc(-c2cc(-c3cccc(Br)c3)nc(N)c2C#N)cc1. The van der Waals surface area contributed by atoms with E-state index in [-0.39, 0.29) is 5.82 Å². The van der Waals surface area contributed by atoms with Crippen molar-refractivity contribution in [2.45, 2.75) is 0 Å². The van der Waals surface area contributed by atoms with E-state index in [0.29, 0.717) is 22.4 Å². The molecule has 0 spiro atoms. The number of hydrogen-bond acceptors (Lipinski definition) is 4. The molecule has 0 fully saturated rings. The molecule has 0 atom stereocenters. The maximum absolute atomic E-state index is 9.44. The number of benzene rings is 2. The molecule has 24 heavy (non-hydrogen) atoms. The number of aromatic nitrogens is 1. The lowest BCUT2D eigenvalue weighted by atomic mass is 9.98. The van der Waals surface area contributed by atoms with Crippen molar-refractivity contribution in [3.8, 4) is 34.5 Å². The van der Waals surface area contributed by atoms with E-state index in [2.05, 4.69) is 33.1 Å². The Morgan fingerprint density at radius 2 is 1.67 bits per heavy atom. The molecule has 0 amide bonds. The van der Waals surface area contributed by atoms with Gasteiger partial charge in [-0.3, -0.25) is 0 Å². The minimum atomic E-state index is 0.189. The minimum absolute atomic E-state index is 0.189. The van der Waals surface area contributed by atoms with Crippen molar-refractivity contribution in [1.29, 1.82) is 10.5 Å². The number of halogens is 1. The summed E-state index contributed by atoms with van der Waals surface area (Å²) in [6, 6.07) is 20.8. The second-order valence-electron chi connectivity index (χ2n) is 5.13. The van der Waals surface area contributed by atoms with Crippen molar-refractivity contribution in [2.75, 3.05) is 5.73 Å². The van der Waals surface area contributed by atoms with Crippen molar-refractivity contribution < 1.29 is 0 Å². The minimum Gasteiger partial charge on any atom is -0.383 e. The quantitative estimate of drug-likeness (QED) is 0.714. The summed E-state index contributed by atoms with van der Waals surface area (Å²) < 4.78 is 0.935. The third kappa shape index (κ3) is 2.99. The highest BCUT2D eigenvalue weighted by Crippen LogP contribution is 2.32. The van der Waals surface area contributed by atoms with Gasteiger partial charge in [0.05, 0.1) is 17.3 Å². The standard InChI is InChI=1S/C19H11BrN4/c20-15-3-1-2-14(8-15)18-9-16(17(11-22)19(23)24-18)13-6-4-12(10-21)5-7-13/h1-9H,(H2,23,24). The third-order valence-electron chi connectivity index (χ3n) is 3.60. The zero-order valence-electron chi connectivity index (χ0n) is 12.5. The molecule has 1 aromatic heterocycles. The van der Waals surface area contributed by atoms with Crippen LogP contribution in [0, 0.1) is 22.7 Å². The Hall–Kier alpha value is -3.15. The van der Waals surface area contributed by atoms with Crippen molar-refractivity contribution in [2.24, 2.45) is 0 Å². The van der Waals surface area contributed by atoms with Crippen LogP contribution in [0.25, 0.3) is 22.4 Å². The summed E-state index contributed by atoms with van der Waals surface area (Å²) in [4.78, 5) is 4.36. The average Bonchev–Trinajstić information content (AvgIpc) is 2.61. The van der Waals surface area contributed by atoms with Crippen LogP contribution in [0.2, 0.25) is 0 Å². The first-order valence-electron chi connectivity index (χ1n) is 7.09. The molecule has 3 rings (SSSR count). The van der Waals surface area contributed by atoms with E-state index in [0.717, 1.165) is 15.6 Å². The van der Waals surface area contributed by atoms with Gasteiger partial charge in [-0.1, -0.05) is 40.2 Å². The summed E-state index contributed by atoms with van der Waals surface area (Å²) >= 11 is 3.44. The molecule has 3 aromatic rings. The number of nitrogens with zero attached hydrogens (tertiary/aromatic N) is 3. The van der Waals surface area contributed by atoms with Gasteiger partial charge in [-0.05, 0) is 35.9 Å². The highest BCUT2D eigenvalue weighted by molar-refractivity contribution is 9.10. The van der Waals surface area contributed by atoms with Crippen LogP contribution < -0.4 is 5.73 Å². The Labute approximate surface area is 147 Å². The maximum atomic E-state index is 9.44. The number of rotatable bonds is 2. The van der Waals surface area contributed by atoms with Crippen LogP contribution in [0.15, 0.2) is 59.1 Å². The molecular formula is C19H11BrN4. The molecule has 1 heterocycles. The second-order valence-corrected chi connectivity index (χ2v) is 6.04. The summed E-state index contributed by atoms with van der Waals surface area (Å²) in [5.41, 5.74) is 10.00. The molecule has 0 aliphatic carbocycles. The number of nitriles is 2. The largest absolute Gasteiger partial charge is 0.383 e. The van der Waals surface area contributed by atoms with Gasteiger partial charge in [0, 0.05) is 15.6 Å². The van der Waals surface area contributed by atoms with Crippen LogP contribution in [0.3, 0.4) is 0 Å². The number of anilines is 1. The molecule has 114 valence electrons. The summed E-state index contributed by atoms with van der Waals surface area (Å²) in [7, 11) is 0. The van der Waals surface area contributed by atoms with Crippen LogP contribution in [0.1, 0.15) is 11.1 Å². The van der Waals surface area contributed by atoms with Gasteiger partial charge in [0.2, 0.25) is 0 Å². The van der Waals surface area contributed by atoms with Gasteiger partial charge in [-0.25, -0.2) is 4.98 Å². The number of nitrogens with two attached hydrogens (primary N) is 1. The Morgan fingerprint density at radius 3 is 2.29 bits per heavy atom. The van der Waals surface area contributed by atoms with E-state index >= 15 is 0 Å². The molecule has 0 aliphatic heterocycles. The van der Waals surface area contributed by atoms with E-state index in [9.17, 15) is 5.26 Å². The van der Waals surface area contributed by atoms with Crippen molar-refractivity contribution >= 4 is 21.7 Å². The molecule has 0 aliphatic rings. The number of hydrogen-bond donors (Lipinski definition) is 1. The Morgan fingerprint density at radius 1 is 0.917 bits per heavy atom. The fraction of sp³-hybridized carbons (Fsp3) is 0. The molecule has 0 bridgehead atoms. The van der Waals surface area contributed by atoms with Crippen LogP contribution >= 0.6 is 15.9 Å². The Kier molecular flexibility index (Phi) is 4.29. The van der Waals surface area contributed by atoms with Crippen LogP contribution in [-0.2, 0) is 0 Å². The van der Waals surface area contributed by atoms with E-state index in [1.165, 1.54) is 0 Å². The van der Waals surface area contributed by atoms with Gasteiger partial charge in [0.25, 0.3) is 0 Å². The molecule has 0 unspecified atom stereocenters. The first-order valence-corrected chi connectivity index (χ1v) is 7.89. The normalized spacial score (nSPS) is 9.96. The smallest absolute Gasteiger partial charge is 0.142 e. The monoisotopic (exact) mass is 374 g/mol. The van der Waals surface area contributed by atoms with Gasteiger partial charge in [-0.2, -0.15) is 10.5 Å². The molecule has 5 heteroatoms. The highest BCUT2D eigenvalue weighted by atomic mass is 79.9. The van der Waals surface area contributed by atoms with Gasteiger partial charge < -0.3 is 5.73 Å². The van der Waals surface area contributed by atoms with Crippen molar-refractivity contribution in [3.63, 3.8) is 0 Å². The summed E-state index contributed by atoms with van der Waals surface area (Å²) in [5, 5.41) is 18.4. The second kappa shape index (κ2) is 6.54. The van der Waals surface area contributed by atoms with Gasteiger partial charge in [0.1, 0.15) is 17.5 Å². The molecular weight excluding hydrogens is 364 g/mol. The highest BCUT2D eigenvalue weighted by Gasteiger charge is 2.13. The van der Waals surface area contributed by atoms with E-state index < -0.39 is 0 Å². The first kappa shape index (κ1) is 15.7. The van der Waals surface area contributed by atoms with Crippen molar-refractivity contribution in [1.82, 2.24) is 4.98 Å². The Balaban J connectivity index is 2.20. The maximum Gasteiger partial charge on any atom is 0.142 e. The summed E-state index contributed by atoms with van der Waals surface area (Å²) in [6.45, 7) is 0. The zero-order valence-corrected chi connectivity index (χ0v) is 14.1. The van der Waals surface area contributed by atoms with Gasteiger partial charge in [-0.15, -0.1) is 0 Å². The molecule has 2 aromatic carbocycles. The lowest BCUT2D eigenvalue weighted by Gasteiger charge is -2.10. The lowest BCUT2D eigenvalue weighted by molar-refractivity contribution is 1.31. The predicted octanol–water partition coefficient (Wildman–Crippen LogP) is 4.50. The van der Waals surface area contributed by atoms with Crippen LogP contribution in [0.5, 0.6) is 0 Å². The van der Waals surface area contributed by atoms with E-state index in [4.69, 9.17) is 11.0 Å². The molecule has 0 saturated carbocycles. The average molecular weight is 375 g/mol. The first-order chi connectivity index (χ1) is 11.6. The zero-order chi connectivity index (χ0) is 17.1. The van der Waals surface area contributed by atoms with Crippen LogP contribution in [0.4, 0.5) is 5.82 Å². The van der Waals surface area contributed by atoms with Gasteiger partial charge >= 0.3 is 0 Å². The summed E-state index contributed by atoms with van der Waals surface area (Å²) in [6.07, 6.45) is 0. The summed E-state index contributed by atoms with van der Waals surface area (Å²) in [5.74, 6) is 0.189. The van der Waals surface area contributed by atoms with Crippen LogP contribution in [-0.4, -0.2) is 4.98 Å². The lowest BCUT2D eigenvalue weighted by Crippen LogP contribution is -1.99. The Bertz CT molecular complexity index is 995.